The van der Waals surface area contributed by atoms with Crippen molar-refractivity contribution in [3.63, 3.8) is 0 Å². The van der Waals surface area contributed by atoms with Crippen molar-refractivity contribution in [1.82, 2.24) is 19.6 Å². The average molecular weight is 491 g/mol. The van der Waals surface area contributed by atoms with Gasteiger partial charge in [0.1, 0.15) is 16.8 Å². The number of benzene rings is 1. The third-order valence-corrected chi connectivity index (χ3v) is 4.96. The van der Waals surface area contributed by atoms with Crippen LogP contribution in [0, 0.1) is 40.3 Å². The fourth-order valence-corrected chi connectivity index (χ4v) is 2.97. The van der Waals surface area contributed by atoms with Gasteiger partial charge in [-0.3, -0.25) is 9.48 Å². The summed E-state index contributed by atoms with van der Waals surface area (Å²) in [6, 6.07) is 0.226. The monoisotopic (exact) mass is 490 g/mol. The summed E-state index contributed by atoms with van der Waals surface area (Å²) in [7, 11) is 0. The molecule has 0 radical (unpaired) electrons. The molecule has 9 nitrogen and oxygen atoms in total. The molecule has 0 fully saturated rings. The van der Waals surface area contributed by atoms with E-state index in [4.69, 9.17) is 0 Å². The zero-order chi connectivity index (χ0) is 22.2. The van der Waals surface area contributed by atoms with Crippen LogP contribution in [0.4, 0.5) is 29.1 Å². The van der Waals surface area contributed by atoms with Gasteiger partial charge in [0.05, 0.1) is 29.2 Å². The van der Waals surface area contributed by atoms with E-state index >= 15 is 0 Å². The van der Waals surface area contributed by atoms with Gasteiger partial charge in [-0.25, -0.2) is 17.6 Å². The van der Waals surface area contributed by atoms with Crippen molar-refractivity contribution >= 4 is 33.3 Å². The molecule has 0 aliphatic rings. The van der Waals surface area contributed by atoms with Crippen LogP contribution in [0.25, 0.3) is 0 Å². The molecular weight excluding hydrogens is 480 g/mol. The van der Waals surface area contributed by atoms with Crippen LogP contribution in [-0.2, 0) is 17.9 Å². The molecule has 0 unspecified atom stereocenters. The van der Waals surface area contributed by atoms with Crippen LogP contribution in [0.5, 0.6) is 0 Å². The summed E-state index contributed by atoms with van der Waals surface area (Å²) in [6.07, 6.45) is 2.38. The van der Waals surface area contributed by atoms with Crippen molar-refractivity contribution in [3.8, 4) is 0 Å². The highest BCUT2D eigenvalue weighted by Gasteiger charge is 2.25. The molecule has 0 saturated heterocycles. The summed E-state index contributed by atoms with van der Waals surface area (Å²) < 4.78 is 56.1. The van der Waals surface area contributed by atoms with Crippen LogP contribution in [-0.4, -0.2) is 30.4 Å². The summed E-state index contributed by atoms with van der Waals surface area (Å²) in [4.78, 5) is 22.4. The Balaban J connectivity index is 1.71. The fraction of sp³-hybridized carbons (Fsp3) is 0.188. The van der Waals surface area contributed by atoms with Crippen LogP contribution in [0.15, 0.2) is 22.9 Å². The number of hydrogen-bond acceptors (Lipinski definition) is 5. The molecule has 1 aromatic carbocycles. The average Bonchev–Trinajstić information content (AvgIpc) is 3.22. The molecule has 2 heterocycles. The number of anilines is 1. The number of carbonyl (C=O) groups is 1. The van der Waals surface area contributed by atoms with Crippen molar-refractivity contribution in [1.29, 1.82) is 0 Å². The van der Waals surface area contributed by atoms with Crippen LogP contribution in [0.1, 0.15) is 11.3 Å². The summed E-state index contributed by atoms with van der Waals surface area (Å²) >= 11 is 3.03. The van der Waals surface area contributed by atoms with Gasteiger partial charge in [-0.05, 0) is 27.8 Å². The minimum Gasteiger partial charge on any atom is -0.358 e. The number of halogens is 5. The van der Waals surface area contributed by atoms with Gasteiger partial charge in [0.25, 0.3) is 0 Å². The van der Waals surface area contributed by atoms with Gasteiger partial charge in [0.2, 0.25) is 5.91 Å². The first kappa shape index (κ1) is 21.4. The van der Waals surface area contributed by atoms with E-state index in [9.17, 15) is 32.5 Å². The molecule has 0 atom stereocenters. The molecule has 0 bridgehead atoms. The summed E-state index contributed by atoms with van der Waals surface area (Å²) in [5, 5.41) is 20.9. The highest BCUT2D eigenvalue weighted by Crippen LogP contribution is 2.27. The van der Waals surface area contributed by atoms with Crippen LogP contribution >= 0.6 is 15.9 Å². The lowest BCUT2D eigenvalue weighted by Gasteiger charge is -2.07. The number of nitrogens with one attached hydrogen (secondary N) is 1. The number of nitro groups is 1. The standard InChI is InChI=1S/C16H11BrF4N6O3/c1-7-13(17)16(27(29)30)24-26(7)6-12(28)23-8-3-22-25(4-8)5-9-10(18)2-11(19)15(21)14(9)20/h2-4H,5-6H2,1H3,(H,23,28). The molecule has 3 rings (SSSR count). The first-order valence-electron chi connectivity index (χ1n) is 8.10. The quantitative estimate of drug-likeness (QED) is 0.187. The maximum absolute atomic E-state index is 13.8. The predicted molar refractivity (Wildman–Crippen MR) is 97.6 cm³/mol. The van der Waals surface area contributed by atoms with Crippen molar-refractivity contribution < 1.29 is 27.3 Å². The highest BCUT2D eigenvalue weighted by atomic mass is 79.9. The molecule has 1 amide bonds. The Morgan fingerprint density at radius 1 is 1.27 bits per heavy atom. The summed E-state index contributed by atoms with van der Waals surface area (Å²) in [6.45, 7) is 0.623. The second-order valence-electron chi connectivity index (χ2n) is 6.06. The molecule has 14 heteroatoms. The predicted octanol–water partition coefficient (Wildman–Crippen LogP) is 3.30. The van der Waals surface area contributed by atoms with E-state index in [1.165, 1.54) is 19.3 Å². The summed E-state index contributed by atoms with van der Waals surface area (Å²) in [5.41, 5.74) is -0.238. The van der Waals surface area contributed by atoms with E-state index in [2.05, 4.69) is 31.4 Å². The molecule has 1 N–H and O–H groups in total. The van der Waals surface area contributed by atoms with Crippen LogP contribution in [0.3, 0.4) is 0 Å². The molecule has 0 aliphatic heterocycles. The van der Waals surface area contributed by atoms with Gasteiger partial charge >= 0.3 is 5.82 Å². The first-order valence-corrected chi connectivity index (χ1v) is 8.89. The topological polar surface area (TPSA) is 108 Å². The van der Waals surface area contributed by atoms with Gasteiger partial charge < -0.3 is 15.4 Å². The zero-order valence-electron chi connectivity index (χ0n) is 15.0. The largest absolute Gasteiger partial charge is 0.404 e. The highest BCUT2D eigenvalue weighted by molar-refractivity contribution is 9.10. The number of hydrogen-bond donors (Lipinski definition) is 1. The van der Waals surface area contributed by atoms with E-state index < -0.39 is 52.0 Å². The molecular formula is C16H11BrF4N6O3. The lowest BCUT2D eigenvalue weighted by atomic mass is 10.2. The maximum atomic E-state index is 13.8. The smallest absolute Gasteiger partial charge is 0.358 e. The minimum atomic E-state index is -1.80. The second-order valence-corrected chi connectivity index (χ2v) is 6.85. The van der Waals surface area contributed by atoms with E-state index in [0.717, 1.165) is 9.36 Å². The minimum absolute atomic E-state index is 0.141. The van der Waals surface area contributed by atoms with Crippen molar-refractivity contribution in [2.24, 2.45) is 0 Å². The number of amides is 1. The molecule has 158 valence electrons. The van der Waals surface area contributed by atoms with Crippen molar-refractivity contribution in [3.05, 3.63) is 67.6 Å². The Morgan fingerprint density at radius 3 is 2.60 bits per heavy atom. The normalized spacial score (nSPS) is 11.0. The van der Waals surface area contributed by atoms with E-state index in [0.29, 0.717) is 5.69 Å². The SMILES string of the molecule is Cc1c(Br)c([N+](=O)[O-])nn1CC(=O)Nc1cnn(Cc2c(F)cc(F)c(F)c2F)c1. The van der Waals surface area contributed by atoms with E-state index in [1.807, 2.05) is 0 Å². The van der Waals surface area contributed by atoms with E-state index in [-0.39, 0.29) is 22.8 Å². The third-order valence-electron chi connectivity index (χ3n) is 4.03. The Labute approximate surface area is 173 Å². The van der Waals surface area contributed by atoms with Crippen LogP contribution in [0.2, 0.25) is 0 Å². The molecule has 0 aliphatic carbocycles. The lowest BCUT2D eigenvalue weighted by Crippen LogP contribution is -2.20. The van der Waals surface area contributed by atoms with E-state index in [1.54, 1.807) is 0 Å². The molecule has 2 aromatic heterocycles. The lowest BCUT2D eigenvalue weighted by molar-refractivity contribution is -0.390. The molecule has 0 spiro atoms. The van der Waals surface area contributed by atoms with Gasteiger partial charge in [0, 0.05) is 17.8 Å². The van der Waals surface area contributed by atoms with Crippen LogP contribution < -0.4 is 5.32 Å². The van der Waals surface area contributed by atoms with Gasteiger partial charge in [0.15, 0.2) is 17.5 Å². The third kappa shape index (κ3) is 4.17. The molecule has 3 aromatic rings. The number of aromatic nitrogens is 4. The zero-order valence-corrected chi connectivity index (χ0v) is 16.6. The maximum Gasteiger partial charge on any atom is 0.404 e. The Morgan fingerprint density at radius 2 is 1.97 bits per heavy atom. The first-order chi connectivity index (χ1) is 14.1. The summed E-state index contributed by atoms with van der Waals surface area (Å²) in [5.74, 6) is -7.45. The number of carbonyl (C=O) groups excluding carboxylic acids is 1. The Kier molecular flexibility index (Phi) is 5.87. The molecule has 0 saturated carbocycles. The fourth-order valence-electron chi connectivity index (χ4n) is 2.54. The second kappa shape index (κ2) is 8.22. The number of rotatable bonds is 6. The Bertz CT molecular complexity index is 1160. The van der Waals surface area contributed by atoms with Gasteiger partial charge in [-0.15, -0.1) is 0 Å². The van der Waals surface area contributed by atoms with Gasteiger partial charge in [-0.1, -0.05) is 0 Å². The van der Waals surface area contributed by atoms with Gasteiger partial charge in [-0.2, -0.15) is 9.78 Å². The number of nitrogens with zero attached hydrogens (tertiary/aromatic N) is 5. The molecule has 30 heavy (non-hydrogen) atoms. The Hall–Kier alpha value is -3.29. The van der Waals surface area contributed by atoms with Crippen molar-refractivity contribution in [2.45, 2.75) is 20.0 Å². The van der Waals surface area contributed by atoms with Crippen molar-refractivity contribution in [2.75, 3.05) is 5.32 Å².